The van der Waals surface area contributed by atoms with Crippen molar-refractivity contribution in [2.75, 3.05) is 0 Å². The molecule has 0 aliphatic carbocycles. The minimum atomic E-state index is -4.48. The molecule has 98 valence electrons. The fourth-order valence-electron chi connectivity index (χ4n) is 2.08. The Morgan fingerprint density at radius 2 is 2.05 bits per heavy atom. The minimum Gasteiger partial charge on any atom is -0.296 e. The molecule has 4 nitrogen and oxygen atoms in total. The monoisotopic (exact) mass is 266 g/mol. The summed E-state index contributed by atoms with van der Waals surface area (Å²) in [6, 6.07) is 3.31. The number of nitrogens with one attached hydrogen (secondary N) is 1. The number of rotatable bonds is 1. The summed E-state index contributed by atoms with van der Waals surface area (Å²) < 4.78 is 39.5. The lowest BCUT2D eigenvalue weighted by atomic mass is 10.1. The quantitative estimate of drug-likeness (QED) is 0.735. The zero-order chi connectivity index (χ0) is 13.6. The van der Waals surface area contributed by atoms with Crippen molar-refractivity contribution in [3.05, 3.63) is 42.1 Å². The van der Waals surface area contributed by atoms with Crippen LogP contribution >= 0.6 is 0 Å². The highest BCUT2D eigenvalue weighted by atomic mass is 19.4. The highest BCUT2D eigenvalue weighted by Crippen LogP contribution is 2.30. The van der Waals surface area contributed by atoms with Crippen LogP contribution in [-0.2, 0) is 6.18 Å². The second kappa shape index (κ2) is 3.84. The molecule has 1 aromatic carbocycles. The summed E-state index contributed by atoms with van der Waals surface area (Å²) in [7, 11) is 0. The molecule has 0 bridgehead atoms. The maximum Gasteiger partial charge on any atom is 0.450 e. The van der Waals surface area contributed by atoms with E-state index in [1.807, 2.05) is 6.92 Å². The Morgan fingerprint density at radius 3 is 2.79 bits per heavy atom. The molecule has 0 aliphatic rings. The van der Waals surface area contributed by atoms with Crippen molar-refractivity contribution in [1.82, 2.24) is 19.7 Å². The molecule has 2 heterocycles. The van der Waals surface area contributed by atoms with Gasteiger partial charge in [-0.2, -0.15) is 18.3 Å². The molecule has 0 spiro atoms. The van der Waals surface area contributed by atoms with Crippen molar-refractivity contribution in [1.29, 1.82) is 0 Å². The molecule has 0 atom stereocenters. The second-order valence-corrected chi connectivity index (χ2v) is 4.22. The number of aromatic nitrogens is 4. The summed E-state index contributed by atoms with van der Waals surface area (Å²) in [5.74, 6) is -0.935. The molecule has 3 rings (SSSR count). The maximum absolute atomic E-state index is 12.8. The Labute approximate surface area is 105 Å². The first-order valence-corrected chi connectivity index (χ1v) is 5.51. The first-order valence-electron chi connectivity index (χ1n) is 5.51. The summed E-state index contributed by atoms with van der Waals surface area (Å²) in [5, 5.41) is 7.45. The first-order chi connectivity index (χ1) is 8.97. The number of nitrogens with zero attached hydrogens (tertiary/aromatic N) is 3. The summed E-state index contributed by atoms with van der Waals surface area (Å²) in [6.45, 7) is 1.81. The van der Waals surface area contributed by atoms with Crippen molar-refractivity contribution in [3.63, 3.8) is 0 Å². The third-order valence-corrected chi connectivity index (χ3v) is 2.90. The lowest BCUT2D eigenvalue weighted by Gasteiger charge is -2.11. The van der Waals surface area contributed by atoms with Crippen LogP contribution in [0, 0.1) is 6.92 Å². The van der Waals surface area contributed by atoms with Gasteiger partial charge in [-0.1, -0.05) is 0 Å². The molecule has 2 aromatic heterocycles. The van der Waals surface area contributed by atoms with Gasteiger partial charge in [0, 0.05) is 23.5 Å². The Morgan fingerprint density at radius 1 is 1.26 bits per heavy atom. The van der Waals surface area contributed by atoms with Gasteiger partial charge in [-0.25, -0.2) is 4.98 Å². The maximum atomic E-state index is 12.8. The van der Waals surface area contributed by atoms with Crippen LogP contribution in [0.3, 0.4) is 0 Å². The number of hydrogen-bond donors (Lipinski definition) is 1. The number of fused-ring (bicyclic) bond motifs is 1. The van der Waals surface area contributed by atoms with Crippen molar-refractivity contribution >= 4 is 10.9 Å². The van der Waals surface area contributed by atoms with Crippen molar-refractivity contribution in [2.24, 2.45) is 0 Å². The summed E-state index contributed by atoms with van der Waals surface area (Å²) >= 11 is 0. The van der Waals surface area contributed by atoms with E-state index in [9.17, 15) is 13.2 Å². The highest BCUT2D eigenvalue weighted by molar-refractivity contribution is 5.83. The lowest BCUT2D eigenvalue weighted by Crippen LogP contribution is -2.13. The molecule has 0 unspecified atom stereocenters. The summed E-state index contributed by atoms with van der Waals surface area (Å²) in [5.41, 5.74) is 2.06. The lowest BCUT2D eigenvalue weighted by molar-refractivity contribution is -0.145. The minimum absolute atomic E-state index is 0.413. The van der Waals surface area contributed by atoms with Crippen LogP contribution in [0.1, 0.15) is 11.4 Å². The molecule has 1 N–H and O–H groups in total. The van der Waals surface area contributed by atoms with E-state index in [0.29, 0.717) is 5.69 Å². The number of H-pyrrole nitrogens is 1. The van der Waals surface area contributed by atoms with Crippen LogP contribution in [0.15, 0.2) is 30.7 Å². The van der Waals surface area contributed by atoms with E-state index in [4.69, 9.17) is 0 Å². The standard InChI is InChI=1S/C12H9F3N4/c1-7-4-9(5-8-6-17-18-10(7)8)19-3-2-16-11(19)12(13,14)15/h2-6H,1H3,(H,17,18). The van der Waals surface area contributed by atoms with Gasteiger partial charge >= 0.3 is 6.18 Å². The molecule has 0 radical (unpaired) electrons. The third-order valence-electron chi connectivity index (χ3n) is 2.90. The van der Waals surface area contributed by atoms with Gasteiger partial charge in [0.2, 0.25) is 5.82 Å². The molecule has 0 aliphatic heterocycles. The Balaban J connectivity index is 2.22. The predicted octanol–water partition coefficient (Wildman–Crippen LogP) is 3.08. The molecule has 0 amide bonds. The van der Waals surface area contributed by atoms with Crippen LogP contribution < -0.4 is 0 Å². The topological polar surface area (TPSA) is 46.5 Å². The zero-order valence-corrected chi connectivity index (χ0v) is 9.86. The van der Waals surface area contributed by atoms with Gasteiger partial charge in [-0.15, -0.1) is 0 Å². The molecule has 3 aromatic rings. The first kappa shape index (κ1) is 11.8. The van der Waals surface area contributed by atoms with E-state index in [1.165, 1.54) is 6.20 Å². The van der Waals surface area contributed by atoms with E-state index in [0.717, 1.165) is 27.2 Å². The smallest absolute Gasteiger partial charge is 0.296 e. The van der Waals surface area contributed by atoms with Crippen molar-refractivity contribution in [2.45, 2.75) is 13.1 Å². The van der Waals surface area contributed by atoms with Gasteiger partial charge < -0.3 is 0 Å². The number of halogens is 3. The average Bonchev–Trinajstić information content (AvgIpc) is 2.96. The Hall–Kier alpha value is -2.31. The van der Waals surface area contributed by atoms with E-state index >= 15 is 0 Å². The van der Waals surface area contributed by atoms with Crippen LogP contribution in [0.4, 0.5) is 13.2 Å². The molecule has 19 heavy (non-hydrogen) atoms. The van der Waals surface area contributed by atoms with Crippen LogP contribution in [0.2, 0.25) is 0 Å². The number of imidazole rings is 1. The van der Waals surface area contributed by atoms with Crippen LogP contribution in [0.5, 0.6) is 0 Å². The van der Waals surface area contributed by atoms with Gasteiger partial charge in [-0.05, 0) is 24.6 Å². The van der Waals surface area contributed by atoms with E-state index in [-0.39, 0.29) is 0 Å². The van der Waals surface area contributed by atoms with Gasteiger partial charge in [0.05, 0.1) is 11.7 Å². The fourth-order valence-corrected chi connectivity index (χ4v) is 2.08. The van der Waals surface area contributed by atoms with Gasteiger partial charge in [0.15, 0.2) is 0 Å². The number of hydrogen-bond acceptors (Lipinski definition) is 2. The van der Waals surface area contributed by atoms with Gasteiger partial charge in [-0.3, -0.25) is 9.67 Å². The van der Waals surface area contributed by atoms with Gasteiger partial charge in [0.25, 0.3) is 0 Å². The average molecular weight is 266 g/mol. The van der Waals surface area contributed by atoms with Crippen LogP contribution in [-0.4, -0.2) is 19.7 Å². The normalized spacial score (nSPS) is 12.2. The summed E-state index contributed by atoms with van der Waals surface area (Å²) in [4.78, 5) is 3.38. The van der Waals surface area contributed by atoms with E-state index in [2.05, 4.69) is 15.2 Å². The van der Waals surface area contributed by atoms with E-state index in [1.54, 1.807) is 18.3 Å². The van der Waals surface area contributed by atoms with E-state index < -0.39 is 12.0 Å². The summed E-state index contributed by atoms with van der Waals surface area (Å²) in [6.07, 6.45) is -0.472. The SMILES string of the molecule is Cc1cc(-n2ccnc2C(F)(F)F)cc2cn[nH]c12. The molecule has 0 saturated heterocycles. The zero-order valence-electron chi connectivity index (χ0n) is 9.86. The second-order valence-electron chi connectivity index (χ2n) is 4.22. The van der Waals surface area contributed by atoms with Crippen molar-refractivity contribution < 1.29 is 13.2 Å². The predicted molar refractivity (Wildman–Crippen MR) is 63.0 cm³/mol. The molecule has 7 heteroatoms. The fraction of sp³-hybridized carbons (Fsp3) is 0.167. The number of benzene rings is 1. The number of aryl methyl sites for hydroxylation is 1. The number of aromatic amines is 1. The molecular formula is C12H9F3N4. The molecule has 0 fully saturated rings. The largest absolute Gasteiger partial charge is 0.450 e. The van der Waals surface area contributed by atoms with Crippen LogP contribution in [0.25, 0.3) is 16.6 Å². The Bertz CT molecular complexity index is 739. The number of alkyl halides is 3. The molecular weight excluding hydrogens is 257 g/mol. The van der Waals surface area contributed by atoms with Gasteiger partial charge in [0.1, 0.15) is 0 Å². The third kappa shape index (κ3) is 1.87. The molecule has 0 saturated carbocycles. The van der Waals surface area contributed by atoms with Crippen molar-refractivity contribution in [3.8, 4) is 5.69 Å². The highest BCUT2D eigenvalue weighted by Gasteiger charge is 2.36. The Kier molecular flexibility index (Phi) is 2.38.